The Bertz CT molecular complexity index is 623. The van der Waals surface area contributed by atoms with Gasteiger partial charge in [0.15, 0.2) is 11.6 Å². The summed E-state index contributed by atoms with van der Waals surface area (Å²) in [6.07, 6.45) is -1.18. The van der Waals surface area contributed by atoms with Gasteiger partial charge < -0.3 is 19.7 Å². The van der Waals surface area contributed by atoms with Crippen molar-refractivity contribution in [2.75, 3.05) is 13.2 Å². The standard InChI is InChI=1S/C18H21FO4/c1-12(20)10-22-16-6-3-14(4-7-16)15-5-8-18(17(19)9-15)23-11-13(2)21/h3-9,12-13,20-21H,10-11H2,1-2H3. The van der Waals surface area contributed by atoms with Crippen LogP contribution in [0.4, 0.5) is 4.39 Å². The van der Waals surface area contributed by atoms with Gasteiger partial charge in [-0.2, -0.15) is 0 Å². The van der Waals surface area contributed by atoms with E-state index in [0.29, 0.717) is 11.3 Å². The summed E-state index contributed by atoms with van der Waals surface area (Å²) in [5.74, 6) is 0.288. The second kappa shape index (κ2) is 7.94. The maximum atomic E-state index is 14.0. The Morgan fingerprint density at radius 1 is 0.870 bits per heavy atom. The first-order chi connectivity index (χ1) is 11.0. The van der Waals surface area contributed by atoms with Crippen LogP contribution < -0.4 is 9.47 Å². The van der Waals surface area contributed by atoms with Gasteiger partial charge in [0.05, 0.1) is 12.2 Å². The Morgan fingerprint density at radius 2 is 1.43 bits per heavy atom. The van der Waals surface area contributed by atoms with Gasteiger partial charge in [-0.1, -0.05) is 18.2 Å². The third kappa shape index (κ3) is 5.23. The van der Waals surface area contributed by atoms with Crippen molar-refractivity contribution in [2.24, 2.45) is 0 Å². The number of benzene rings is 2. The molecule has 2 unspecified atom stereocenters. The van der Waals surface area contributed by atoms with E-state index in [2.05, 4.69) is 0 Å². The molecular formula is C18H21FO4. The molecule has 0 spiro atoms. The molecule has 0 fully saturated rings. The Labute approximate surface area is 135 Å². The van der Waals surface area contributed by atoms with Crippen LogP contribution in [0.25, 0.3) is 11.1 Å². The minimum Gasteiger partial charge on any atom is -0.491 e. The summed E-state index contributed by atoms with van der Waals surface area (Å²) < 4.78 is 24.6. The van der Waals surface area contributed by atoms with E-state index in [1.54, 1.807) is 38.1 Å². The molecule has 5 heteroatoms. The van der Waals surface area contributed by atoms with Gasteiger partial charge in [-0.3, -0.25) is 0 Å². The second-order valence-corrected chi connectivity index (χ2v) is 5.49. The molecule has 0 aliphatic carbocycles. The fourth-order valence-corrected chi connectivity index (χ4v) is 1.97. The molecule has 2 N–H and O–H groups in total. The molecule has 2 rings (SSSR count). The summed E-state index contributed by atoms with van der Waals surface area (Å²) in [5, 5.41) is 18.4. The zero-order chi connectivity index (χ0) is 16.8. The van der Waals surface area contributed by atoms with Crippen LogP contribution in [-0.4, -0.2) is 35.6 Å². The monoisotopic (exact) mass is 320 g/mol. The number of aliphatic hydroxyl groups excluding tert-OH is 2. The van der Waals surface area contributed by atoms with E-state index in [1.807, 2.05) is 12.1 Å². The SMILES string of the molecule is CC(O)COc1ccc(-c2ccc(OCC(C)O)c(F)c2)cc1. The zero-order valence-corrected chi connectivity index (χ0v) is 13.2. The van der Waals surface area contributed by atoms with E-state index in [9.17, 15) is 9.50 Å². The van der Waals surface area contributed by atoms with Crippen molar-refractivity contribution in [3.63, 3.8) is 0 Å². The number of aliphatic hydroxyl groups is 2. The van der Waals surface area contributed by atoms with Crippen molar-refractivity contribution in [1.82, 2.24) is 0 Å². The highest BCUT2D eigenvalue weighted by molar-refractivity contribution is 5.65. The van der Waals surface area contributed by atoms with Crippen molar-refractivity contribution in [3.05, 3.63) is 48.3 Å². The van der Waals surface area contributed by atoms with Crippen LogP contribution in [-0.2, 0) is 0 Å². The van der Waals surface area contributed by atoms with Crippen molar-refractivity contribution in [2.45, 2.75) is 26.1 Å². The third-order valence-corrected chi connectivity index (χ3v) is 3.09. The molecule has 0 bridgehead atoms. The molecule has 0 aliphatic heterocycles. The Morgan fingerprint density at radius 3 is 2.00 bits per heavy atom. The van der Waals surface area contributed by atoms with E-state index >= 15 is 0 Å². The highest BCUT2D eigenvalue weighted by Crippen LogP contribution is 2.27. The molecule has 2 atom stereocenters. The minimum absolute atomic E-state index is 0.0472. The van der Waals surface area contributed by atoms with Crippen molar-refractivity contribution < 1.29 is 24.1 Å². The van der Waals surface area contributed by atoms with Gasteiger partial charge in [0.25, 0.3) is 0 Å². The summed E-state index contributed by atoms with van der Waals surface area (Å²) in [4.78, 5) is 0. The average molecular weight is 320 g/mol. The molecule has 2 aromatic carbocycles. The van der Waals surface area contributed by atoms with Gasteiger partial charge in [-0.15, -0.1) is 0 Å². The van der Waals surface area contributed by atoms with Crippen LogP contribution >= 0.6 is 0 Å². The van der Waals surface area contributed by atoms with Crippen molar-refractivity contribution in [3.8, 4) is 22.6 Å². The van der Waals surface area contributed by atoms with Crippen molar-refractivity contribution in [1.29, 1.82) is 0 Å². The smallest absolute Gasteiger partial charge is 0.165 e. The van der Waals surface area contributed by atoms with E-state index in [4.69, 9.17) is 14.6 Å². The third-order valence-electron chi connectivity index (χ3n) is 3.09. The maximum absolute atomic E-state index is 14.0. The number of hydrogen-bond donors (Lipinski definition) is 2. The lowest BCUT2D eigenvalue weighted by molar-refractivity contribution is 0.120. The van der Waals surface area contributed by atoms with Crippen LogP contribution in [0.15, 0.2) is 42.5 Å². The molecule has 0 saturated carbocycles. The summed E-state index contributed by atoms with van der Waals surface area (Å²) in [7, 11) is 0. The quantitative estimate of drug-likeness (QED) is 0.823. The molecule has 0 saturated heterocycles. The normalized spacial score (nSPS) is 13.4. The zero-order valence-electron chi connectivity index (χ0n) is 13.2. The van der Waals surface area contributed by atoms with Gasteiger partial charge in [0.1, 0.15) is 19.0 Å². The minimum atomic E-state index is -0.650. The fourth-order valence-electron chi connectivity index (χ4n) is 1.97. The van der Waals surface area contributed by atoms with E-state index in [-0.39, 0.29) is 19.0 Å². The summed E-state index contributed by atoms with van der Waals surface area (Å²) in [6.45, 7) is 3.50. The average Bonchev–Trinajstić information content (AvgIpc) is 2.52. The number of rotatable bonds is 7. The highest BCUT2D eigenvalue weighted by atomic mass is 19.1. The van der Waals surface area contributed by atoms with E-state index < -0.39 is 18.0 Å². The lowest BCUT2D eigenvalue weighted by Gasteiger charge is -2.11. The lowest BCUT2D eigenvalue weighted by Crippen LogP contribution is -2.13. The first-order valence-corrected chi connectivity index (χ1v) is 7.47. The number of ether oxygens (including phenoxy) is 2. The van der Waals surface area contributed by atoms with Crippen LogP contribution in [0, 0.1) is 5.82 Å². The molecule has 0 heterocycles. The lowest BCUT2D eigenvalue weighted by atomic mass is 10.1. The highest BCUT2D eigenvalue weighted by Gasteiger charge is 2.08. The molecular weight excluding hydrogens is 299 g/mol. The van der Waals surface area contributed by atoms with Gasteiger partial charge in [0, 0.05) is 0 Å². The van der Waals surface area contributed by atoms with E-state index in [1.165, 1.54) is 6.07 Å². The summed E-state index contributed by atoms with van der Waals surface area (Å²) in [5.41, 5.74) is 1.56. The second-order valence-electron chi connectivity index (χ2n) is 5.49. The molecule has 2 aromatic rings. The Hall–Kier alpha value is -2.11. The maximum Gasteiger partial charge on any atom is 0.165 e. The fraction of sp³-hybridized carbons (Fsp3) is 0.333. The summed E-state index contributed by atoms with van der Waals surface area (Å²) >= 11 is 0. The number of hydrogen-bond acceptors (Lipinski definition) is 4. The molecule has 0 radical (unpaired) electrons. The Balaban J connectivity index is 2.08. The van der Waals surface area contributed by atoms with Gasteiger partial charge in [-0.25, -0.2) is 4.39 Å². The predicted molar refractivity (Wildman–Crippen MR) is 86.2 cm³/mol. The first kappa shape index (κ1) is 17.2. The Kier molecular flexibility index (Phi) is 5.96. The van der Waals surface area contributed by atoms with Gasteiger partial charge in [-0.05, 0) is 49.2 Å². The number of halogens is 1. The molecule has 23 heavy (non-hydrogen) atoms. The molecule has 4 nitrogen and oxygen atoms in total. The van der Waals surface area contributed by atoms with Crippen LogP contribution in [0.1, 0.15) is 13.8 Å². The van der Waals surface area contributed by atoms with Gasteiger partial charge in [0.2, 0.25) is 0 Å². The van der Waals surface area contributed by atoms with Gasteiger partial charge >= 0.3 is 0 Å². The topological polar surface area (TPSA) is 58.9 Å². The van der Waals surface area contributed by atoms with E-state index in [0.717, 1.165) is 5.56 Å². The van der Waals surface area contributed by atoms with Crippen LogP contribution in [0.3, 0.4) is 0 Å². The van der Waals surface area contributed by atoms with Crippen LogP contribution in [0.5, 0.6) is 11.5 Å². The largest absolute Gasteiger partial charge is 0.491 e. The first-order valence-electron chi connectivity index (χ1n) is 7.47. The summed E-state index contributed by atoms with van der Waals surface area (Å²) in [6, 6.07) is 11.9. The molecule has 0 aromatic heterocycles. The molecule has 124 valence electrons. The van der Waals surface area contributed by atoms with Crippen molar-refractivity contribution >= 4 is 0 Å². The predicted octanol–water partition coefficient (Wildman–Crippen LogP) is 3.01. The molecule has 0 amide bonds. The molecule has 0 aliphatic rings. The van der Waals surface area contributed by atoms with Crippen LogP contribution in [0.2, 0.25) is 0 Å².